The Kier molecular flexibility index (Phi) is 6.29. The van der Waals surface area contributed by atoms with Crippen LogP contribution in [-0.4, -0.2) is 53.1 Å². The molecule has 0 spiro atoms. The van der Waals surface area contributed by atoms with Crippen LogP contribution in [0.25, 0.3) is 0 Å². The number of carbonyl (C=O) groups is 2. The lowest BCUT2D eigenvalue weighted by Crippen LogP contribution is -2.53. The van der Waals surface area contributed by atoms with Gasteiger partial charge >= 0.3 is 5.97 Å². The summed E-state index contributed by atoms with van der Waals surface area (Å²) in [5.74, 6) is -0.735. The summed E-state index contributed by atoms with van der Waals surface area (Å²) < 4.78 is 5.06. The van der Waals surface area contributed by atoms with Crippen molar-refractivity contribution in [1.29, 1.82) is 0 Å². The van der Waals surface area contributed by atoms with E-state index in [1.54, 1.807) is 17.0 Å². The number of benzene rings is 2. The van der Waals surface area contributed by atoms with E-state index in [9.17, 15) is 24.8 Å². The summed E-state index contributed by atoms with van der Waals surface area (Å²) in [6.45, 7) is 1.34. The quantitative estimate of drug-likeness (QED) is 0.407. The topological polar surface area (TPSA) is 113 Å². The maximum atomic E-state index is 13.4. The minimum absolute atomic E-state index is 0.0107. The van der Waals surface area contributed by atoms with Gasteiger partial charge < -0.3 is 9.84 Å². The van der Waals surface area contributed by atoms with E-state index in [2.05, 4.69) is 4.90 Å². The highest BCUT2D eigenvalue weighted by Gasteiger charge is 2.49. The van der Waals surface area contributed by atoms with Crippen molar-refractivity contribution in [3.8, 4) is 0 Å². The maximum Gasteiger partial charge on any atom is 0.311 e. The number of para-hydroxylation sites is 1. The highest BCUT2D eigenvalue weighted by molar-refractivity contribution is 6.01. The Labute approximate surface area is 203 Å². The van der Waals surface area contributed by atoms with E-state index < -0.39 is 16.9 Å². The number of rotatable bonds is 3. The second-order valence-corrected chi connectivity index (χ2v) is 9.68. The summed E-state index contributed by atoms with van der Waals surface area (Å²) in [4.78, 5) is 40.7. The number of carbonyl (C=O) groups excluding carboxylic acids is 2. The summed E-state index contributed by atoms with van der Waals surface area (Å²) >= 11 is 0. The van der Waals surface area contributed by atoms with Gasteiger partial charge in [0.25, 0.3) is 5.69 Å². The third-order valence-corrected chi connectivity index (χ3v) is 7.91. The van der Waals surface area contributed by atoms with Crippen LogP contribution < -0.4 is 4.90 Å². The molecule has 9 heteroatoms. The number of nitrogens with zero attached hydrogens (tertiary/aromatic N) is 3. The van der Waals surface area contributed by atoms with Gasteiger partial charge in [-0.1, -0.05) is 18.2 Å². The first-order valence-electron chi connectivity index (χ1n) is 12.0. The third-order valence-electron chi connectivity index (χ3n) is 7.91. The van der Waals surface area contributed by atoms with Gasteiger partial charge in [0.15, 0.2) is 0 Å². The fourth-order valence-corrected chi connectivity index (χ4v) is 6.26. The number of esters is 1. The summed E-state index contributed by atoms with van der Waals surface area (Å²) in [7, 11) is 1.37. The minimum atomic E-state index is -0.711. The molecule has 2 heterocycles. The van der Waals surface area contributed by atoms with Crippen LogP contribution in [0, 0.1) is 27.9 Å². The van der Waals surface area contributed by atoms with Crippen molar-refractivity contribution in [2.75, 3.05) is 25.1 Å². The Hall–Kier alpha value is -3.30. The Morgan fingerprint density at radius 2 is 1.89 bits per heavy atom. The number of non-ortho nitro benzene ring substituents is 1. The molecule has 1 saturated carbocycles. The van der Waals surface area contributed by atoms with Crippen LogP contribution in [0.4, 0.5) is 17.1 Å². The number of ether oxygens (including phenoxy) is 1. The predicted molar refractivity (Wildman–Crippen MR) is 128 cm³/mol. The van der Waals surface area contributed by atoms with Crippen LogP contribution in [-0.2, 0) is 14.3 Å². The van der Waals surface area contributed by atoms with Gasteiger partial charge in [-0.05, 0) is 54.9 Å². The van der Waals surface area contributed by atoms with Crippen LogP contribution >= 0.6 is 0 Å². The summed E-state index contributed by atoms with van der Waals surface area (Å²) in [6.07, 6.45) is 1.69. The smallest absolute Gasteiger partial charge is 0.311 e. The standard InChI is InChI=1S/C26H29N3O6/c1-35-26(32)25-20-14-22-19-4-2-3-5-21(19)28(17-7-9-18(10-8-17)29(33)34)24(31)12-13-27(22)15-16(20)6-11-23(25)30/h2-5,7-10,16,20,22-23,25,30H,6,11-15H2,1H3/t16-,20-,22-,23-,25+/m0/s1. The van der Waals surface area contributed by atoms with E-state index >= 15 is 0 Å². The van der Waals surface area contributed by atoms with Crippen molar-refractivity contribution >= 4 is 28.9 Å². The summed E-state index contributed by atoms with van der Waals surface area (Å²) in [5, 5.41) is 21.8. The molecule has 1 aliphatic carbocycles. The Morgan fingerprint density at radius 1 is 1.14 bits per heavy atom. The fraction of sp³-hybridized carbons (Fsp3) is 0.462. The summed E-state index contributed by atoms with van der Waals surface area (Å²) in [6, 6.07) is 13.7. The van der Waals surface area contributed by atoms with Gasteiger partial charge in [-0.2, -0.15) is 0 Å². The first kappa shape index (κ1) is 23.4. The van der Waals surface area contributed by atoms with E-state index in [1.165, 1.54) is 19.2 Å². The maximum absolute atomic E-state index is 13.4. The number of hydrogen-bond acceptors (Lipinski definition) is 7. The number of nitro benzene ring substituents is 1. The largest absolute Gasteiger partial charge is 0.469 e. The number of anilines is 2. The van der Waals surface area contributed by atoms with Gasteiger partial charge in [-0.3, -0.25) is 29.5 Å². The van der Waals surface area contributed by atoms with Gasteiger partial charge in [-0.15, -0.1) is 0 Å². The molecular weight excluding hydrogens is 450 g/mol. The molecule has 35 heavy (non-hydrogen) atoms. The number of aliphatic hydroxyl groups excluding tert-OH is 1. The molecule has 0 radical (unpaired) electrons. The van der Waals surface area contributed by atoms with Gasteiger partial charge in [0.1, 0.15) is 0 Å². The molecule has 2 fully saturated rings. The number of piperidine rings is 1. The molecule has 2 aromatic carbocycles. The number of nitro groups is 1. The average molecular weight is 480 g/mol. The Bertz CT molecular complexity index is 1140. The van der Waals surface area contributed by atoms with Gasteiger partial charge in [-0.25, -0.2) is 0 Å². The second-order valence-electron chi connectivity index (χ2n) is 9.68. The molecule has 184 valence electrons. The van der Waals surface area contributed by atoms with Crippen LogP contribution in [0.5, 0.6) is 0 Å². The van der Waals surface area contributed by atoms with E-state index in [0.717, 1.165) is 24.2 Å². The minimum Gasteiger partial charge on any atom is -0.469 e. The summed E-state index contributed by atoms with van der Waals surface area (Å²) in [5.41, 5.74) is 2.26. The molecule has 0 aromatic heterocycles. The van der Waals surface area contributed by atoms with Gasteiger partial charge in [0.2, 0.25) is 5.91 Å². The zero-order valence-electron chi connectivity index (χ0n) is 19.6. The molecule has 0 unspecified atom stereocenters. The lowest BCUT2D eigenvalue weighted by atomic mass is 9.65. The van der Waals surface area contributed by atoms with Crippen LogP contribution in [0.2, 0.25) is 0 Å². The van der Waals surface area contributed by atoms with E-state index in [1.807, 2.05) is 24.3 Å². The van der Waals surface area contributed by atoms with E-state index in [-0.39, 0.29) is 35.4 Å². The zero-order chi connectivity index (χ0) is 24.7. The number of fused-ring (bicyclic) bond motifs is 4. The molecule has 9 nitrogen and oxygen atoms in total. The molecule has 1 N–H and O–H groups in total. The highest BCUT2D eigenvalue weighted by Crippen LogP contribution is 2.49. The zero-order valence-corrected chi connectivity index (χ0v) is 19.6. The van der Waals surface area contributed by atoms with Gasteiger partial charge in [0.05, 0.1) is 29.7 Å². The molecule has 1 saturated heterocycles. The average Bonchev–Trinajstić information content (AvgIpc) is 2.86. The lowest BCUT2D eigenvalue weighted by Gasteiger charge is -2.51. The molecule has 2 aliphatic heterocycles. The van der Waals surface area contributed by atoms with Crippen molar-refractivity contribution < 1.29 is 24.4 Å². The number of amides is 1. The Morgan fingerprint density at radius 3 is 2.60 bits per heavy atom. The SMILES string of the molecule is COC(=O)[C@@H]1[C@H]2C[C@H]3c4ccccc4N(c4ccc([N+](=O)[O-])cc4)C(=O)CCN3C[C@@H]2CC[C@@H]1O. The van der Waals surface area contributed by atoms with Crippen molar-refractivity contribution in [2.24, 2.45) is 17.8 Å². The molecule has 3 aliphatic rings. The van der Waals surface area contributed by atoms with Crippen molar-refractivity contribution in [2.45, 2.75) is 37.8 Å². The number of methoxy groups -OCH3 is 1. The normalized spacial score (nSPS) is 28.7. The molecule has 2 aromatic rings. The third kappa shape index (κ3) is 4.19. The van der Waals surface area contributed by atoms with Crippen molar-refractivity contribution in [3.05, 3.63) is 64.2 Å². The highest BCUT2D eigenvalue weighted by atomic mass is 16.6. The molecule has 0 bridgehead atoms. The van der Waals surface area contributed by atoms with Crippen LogP contribution in [0.1, 0.15) is 37.3 Å². The van der Waals surface area contributed by atoms with Crippen LogP contribution in [0.3, 0.4) is 0 Å². The fourth-order valence-electron chi connectivity index (χ4n) is 6.26. The first-order chi connectivity index (χ1) is 16.9. The van der Waals surface area contributed by atoms with Crippen LogP contribution in [0.15, 0.2) is 48.5 Å². The first-order valence-corrected chi connectivity index (χ1v) is 12.0. The number of aliphatic hydroxyl groups is 1. The number of hydrogen-bond donors (Lipinski definition) is 1. The molecular formula is C26H29N3O6. The second kappa shape index (κ2) is 9.39. The van der Waals surface area contributed by atoms with E-state index in [4.69, 9.17) is 4.74 Å². The molecule has 5 atom stereocenters. The molecule has 5 rings (SSSR count). The van der Waals surface area contributed by atoms with Crippen molar-refractivity contribution in [3.63, 3.8) is 0 Å². The molecule has 1 amide bonds. The Balaban J connectivity index is 1.54. The van der Waals surface area contributed by atoms with Gasteiger partial charge in [0, 0.05) is 43.4 Å². The monoisotopic (exact) mass is 479 g/mol. The lowest BCUT2D eigenvalue weighted by molar-refractivity contribution is -0.384. The van der Waals surface area contributed by atoms with Crippen molar-refractivity contribution in [1.82, 2.24) is 4.90 Å². The van der Waals surface area contributed by atoms with E-state index in [0.29, 0.717) is 31.5 Å². The predicted octanol–water partition coefficient (Wildman–Crippen LogP) is 3.59.